The molecule has 120 valence electrons. The molecule has 0 bridgehead atoms. The summed E-state index contributed by atoms with van der Waals surface area (Å²) in [7, 11) is 0. The fraction of sp³-hybridized carbons (Fsp3) is 0.667. The SMILES string of the molecule is CCC1CCCCN1C(=O)c1c(C)cc(C)n(C2CC2)c1=O. The van der Waals surface area contributed by atoms with E-state index < -0.39 is 0 Å². The van der Waals surface area contributed by atoms with E-state index in [9.17, 15) is 9.59 Å². The molecule has 0 radical (unpaired) electrons. The molecule has 1 atom stereocenters. The number of piperidine rings is 1. The van der Waals surface area contributed by atoms with Crippen molar-refractivity contribution < 1.29 is 4.79 Å². The van der Waals surface area contributed by atoms with Crippen molar-refractivity contribution in [2.24, 2.45) is 0 Å². The monoisotopic (exact) mass is 302 g/mol. The van der Waals surface area contributed by atoms with Crippen LogP contribution in [0.1, 0.15) is 73.1 Å². The van der Waals surface area contributed by atoms with Gasteiger partial charge in [-0.05, 0) is 64.0 Å². The number of pyridine rings is 1. The summed E-state index contributed by atoms with van der Waals surface area (Å²) >= 11 is 0. The van der Waals surface area contributed by atoms with Gasteiger partial charge in [-0.15, -0.1) is 0 Å². The zero-order valence-electron chi connectivity index (χ0n) is 13.9. The Morgan fingerprint density at radius 1 is 1.23 bits per heavy atom. The Hall–Kier alpha value is -1.58. The number of aryl methyl sites for hydroxylation is 2. The average Bonchev–Trinajstić information content (AvgIpc) is 3.31. The number of rotatable bonds is 3. The summed E-state index contributed by atoms with van der Waals surface area (Å²) < 4.78 is 1.84. The molecule has 0 spiro atoms. The molecular weight excluding hydrogens is 276 g/mol. The number of carbonyl (C=O) groups excluding carboxylic acids is 1. The van der Waals surface area contributed by atoms with Crippen LogP contribution in [0, 0.1) is 13.8 Å². The molecule has 4 heteroatoms. The second-order valence-electron chi connectivity index (χ2n) is 6.81. The maximum absolute atomic E-state index is 13.0. The van der Waals surface area contributed by atoms with Crippen LogP contribution in [0.25, 0.3) is 0 Å². The molecule has 1 amide bonds. The second-order valence-corrected chi connectivity index (χ2v) is 6.81. The van der Waals surface area contributed by atoms with Gasteiger partial charge in [-0.25, -0.2) is 0 Å². The molecule has 2 aliphatic rings. The molecule has 2 fully saturated rings. The van der Waals surface area contributed by atoms with Gasteiger partial charge >= 0.3 is 0 Å². The summed E-state index contributed by atoms with van der Waals surface area (Å²) in [6, 6.07) is 2.59. The van der Waals surface area contributed by atoms with Crippen molar-refractivity contribution in [3.63, 3.8) is 0 Å². The fourth-order valence-electron chi connectivity index (χ4n) is 3.79. The molecule has 1 saturated carbocycles. The number of hydrogen-bond acceptors (Lipinski definition) is 2. The molecular formula is C18H26N2O2. The Kier molecular flexibility index (Phi) is 4.11. The van der Waals surface area contributed by atoms with Gasteiger partial charge in [-0.1, -0.05) is 6.92 Å². The van der Waals surface area contributed by atoms with Gasteiger partial charge in [0.1, 0.15) is 5.56 Å². The highest BCUT2D eigenvalue weighted by Crippen LogP contribution is 2.35. The van der Waals surface area contributed by atoms with E-state index in [-0.39, 0.29) is 17.5 Å². The highest BCUT2D eigenvalue weighted by Gasteiger charge is 2.32. The van der Waals surface area contributed by atoms with Crippen molar-refractivity contribution in [3.05, 3.63) is 33.2 Å². The van der Waals surface area contributed by atoms with Crippen molar-refractivity contribution in [1.82, 2.24) is 9.47 Å². The normalized spacial score (nSPS) is 22.0. The molecule has 1 aliphatic heterocycles. The lowest BCUT2D eigenvalue weighted by molar-refractivity contribution is 0.0604. The number of amides is 1. The van der Waals surface area contributed by atoms with E-state index in [1.54, 1.807) is 0 Å². The Morgan fingerprint density at radius 2 is 1.95 bits per heavy atom. The van der Waals surface area contributed by atoms with Crippen LogP contribution in [0.5, 0.6) is 0 Å². The number of hydrogen-bond donors (Lipinski definition) is 0. The number of nitrogens with zero attached hydrogens (tertiary/aromatic N) is 2. The van der Waals surface area contributed by atoms with E-state index in [0.717, 1.165) is 49.9 Å². The van der Waals surface area contributed by atoms with E-state index >= 15 is 0 Å². The lowest BCUT2D eigenvalue weighted by Gasteiger charge is -2.35. The van der Waals surface area contributed by atoms with Crippen LogP contribution in [-0.2, 0) is 0 Å². The number of likely N-dealkylation sites (tertiary alicyclic amines) is 1. The van der Waals surface area contributed by atoms with Crippen molar-refractivity contribution >= 4 is 5.91 Å². The molecule has 1 aliphatic carbocycles. The predicted molar refractivity (Wildman–Crippen MR) is 87.4 cm³/mol. The summed E-state index contributed by atoms with van der Waals surface area (Å²) in [6.45, 7) is 6.77. The Balaban J connectivity index is 2.01. The quantitative estimate of drug-likeness (QED) is 0.860. The summed E-state index contributed by atoms with van der Waals surface area (Å²) in [5.74, 6) is -0.0524. The second kappa shape index (κ2) is 5.90. The van der Waals surface area contributed by atoms with E-state index in [2.05, 4.69) is 6.92 Å². The maximum atomic E-state index is 13.0. The smallest absolute Gasteiger partial charge is 0.264 e. The van der Waals surface area contributed by atoms with E-state index in [1.807, 2.05) is 29.4 Å². The lowest BCUT2D eigenvalue weighted by atomic mass is 9.98. The minimum atomic E-state index is -0.0783. The number of aromatic nitrogens is 1. The Morgan fingerprint density at radius 3 is 2.59 bits per heavy atom. The first kappa shape index (κ1) is 15.3. The van der Waals surface area contributed by atoms with Gasteiger partial charge in [0.25, 0.3) is 11.5 Å². The highest BCUT2D eigenvalue weighted by atomic mass is 16.2. The standard InChI is InChI=1S/C18H26N2O2/c1-4-14-7-5-6-10-19(14)17(21)16-12(2)11-13(3)20(18(16)22)15-8-9-15/h11,14-15H,4-10H2,1-3H3. The van der Waals surface area contributed by atoms with Gasteiger partial charge in [0.2, 0.25) is 0 Å². The fourth-order valence-corrected chi connectivity index (χ4v) is 3.79. The highest BCUT2D eigenvalue weighted by molar-refractivity contribution is 5.95. The van der Waals surface area contributed by atoms with E-state index in [4.69, 9.17) is 0 Å². The minimum Gasteiger partial charge on any atom is -0.335 e. The first-order valence-corrected chi connectivity index (χ1v) is 8.58. The molecule has 4 nitrogen and oxygen atoms in total. The van der Waals surface area contributed by atoms with Gasteiger partial charge in [0.15, 0.2) is 0 Å². The lowest BCUT2D eigenvalue weighted by Crippen LogP contribution is -2.46. The largest absolute Gasteiger partial charge is 0.335 e. The van der Waals surface area contributed by atoms with Gasteiger partial charge in [0, 0.05) is 24.3 Å². The zero-order valence-corrected chi connectivity index (χ0v) is 13.9. The van der Waals surface area contributed by atoms with Crippen molar-refractivity contribution in [2.45, 2.75) is 71.4 Å². The van der Waals surface area contributed by atoms with Crippen molar-refractivity contribution in [1.29, 1.82) is 0 Å². The Bertz CT molecular complexity index is 643. The first-order valence-electron chi connectivity index (χ1n) is 8.58. The van der Waals surface area contributed by atoms with Gasteiger partial charge in [-0.2, -0.15) is 0 Å². The molecule has 2 heterocycles. The Labute approximate surface area is 132 Å². The predicted octanol–water partition coefficient (Wildman–Crippen LogP) is 3.20. The summed E-state index contributed by atoms with van der Waals surface area (Å²) in [5.41, 5.74) is 2.13. The van der Waals surface area contributed by atoms with Crippen LogP contribution in [0.2, 0.25) is 0 Å². The summed E-state index contributed by atoms with van der Waals surface area (Å²) in [6.07, 6.45) is 6.36. The number of carbonyl (C=O) groups is 1. The molecule has 1 saturated heterocycles. The molecule has 22 heavy (non-hydrogen) atoms. The van der Waals surface area contributed by atoms with Crippen LogP contribution in [0.3, 0.4) is 0 Å². The van der Waals surface area contributed by atoms with E-state index in [0.29, 0.717) is 11.6 Å². The van der Waals surface area contributed by atoms with Crippen molar-refractivity contribution in [2.75, 3.05) is 6.54 Å². The van der Waals surface area contributed by atoms with Gasteiger partial charge in [0.05, 0.1) is 0 Å². The van der Waals surface area contributed by atoms with Crippen LogP contribution in [0.4, 0.5) is 0 Å². The molecule has 0 N–H and O–H groups in total. The van der Waals surface area contributed by atoms with E-state index in [1.165, 1.54) is 6.42 Å². The van der Waals surface area contributed by atoms with Crippen LogP contribution in [0.15, 0.2) is 10.9 Å². The first-order chi connectivity index (χ1) is 10.5. The maximum Gasteiger partial charge on any atom is 0.264 e. The van der Waals surface area contributed by atoms with Crippen LogP contribution >= 0.6 is 0 Å². The molecule has 1 aromatic rings. The third-order valence-electron chi connectivity index (χ3n) is 5.12. The summed E-state index contributed by atoms with van der Waals surface area (Å²) in [5, 5.41) is 0. The van der Waals surface area contributed by atoms with Crippen molar-refractivity contribution in [3.8, 4) is 0 Å². The minimum absolute atomic E-state index is 0.0524. The van der Waals surface area contributed by atoms with Gasteiger partial charge in [-0.3, -0.25) is 9.59 Å². The summed E-state index contributed by atoms with van der Waals surface area (Å²) in [4.78, 5) is 27.9. The molecule has 1 unspecified atom stereocenters. The third-order valence-corrected chi connectivity index (χ3v) is 5.12. The molecule has 1 aromatic heterocycles. The average molecular weight is 302 g/mol. The topological polar surface area (TPSA) is 42.3 Å². The zero-order chi connectivity index (χ0) is 15.9. The third kappa shape index (κ3) is 2.59. The van der Waals surface area contributed by atoms with Gasteiger partial charge < -0.3 is 9.47 Å². The molecule has 3 rings (SSSR count). The van der Waals surface area contributed by atoms with Crippen LogP contribution in [-0.4, -0.2) is 28.0 Å². The molecule has 0 aromatic carbocycles. The van der Waals surface area contributed by atoms with Crippen LogP contribution < -0.4 is 5.56 Å².